The van der Waals surface area contributed by atoms with Crippen LogP contribution in [0.4, 0.5) is 41.9 Å². The molecule has 0 saturated heterocycles. The molecule has 4 N–H and O–H groups in total. The first-order chi connectivity index (χ1) is 13.6. The minimum Gasteiger partial charge on any atom is -0.393 e. The summed E-state index contributed by atoms with van der Waals surface area (Å²) in [5, 5.41) is 5.74. The van der Waals surface area contributed by atoms with Gasteiger partial charge in [0.15, 0.2) is 17.4 Å². The van der Waals surface area contributed by atoms with Gasteiger partial charge in [-0.15, -0.1) is 0 Å². The summed E-state index contributed by atoms with van der Waals surface area (Å²) < 4.78 is 38.9. The predicted octanol–water partition coefficient (Wildman–Crippen LogP) is 5.42. The molecule has 2 aromatic carbocycles. The van der Waals surface area contributed by atoms with E-state index in [9.17, 15) is 18.0 Å². The molecular weight excluding hydrogens is 407 g/mol. The third kappa shape index (κ3) is 4.75. The highest BCUT2D eigenvalue weighted by Gasteiger charge is 2.31. The highest BCUT2D eigenvalue weighted by Crippen LogP contribution is 2.36. The Morgan fingerprint density at radius 2 is 1.76 bits per heavy atom. The van der Waals surface area contributed by atoms with Crippen molar-refractivity contribution in [3.8, 4) is 0 Å². The number of nitrogens with two attached hydrogens (primary N) is 1. The van der Waals surface area contributed by atoms with E-state index in [2.05, 4.69) is 20.6 Å². The zero-order valence-electron chi connectivity index (χ0n) is 15.0. The maximum Gasteiger partial charge on any atom is 0.416 e. The highest BCUT2D eigenvalue weighted by molar-refractivity contribution is 6.33. The van der Waals surface area contributed by atoms with Crippen LogP contribution in [0.3, 0.4) is 0 Å². The second-order valence-corrected chi connectivity index (χ2v) is 6.47. The van der Waals surface area contributed by atoms with E-state index >= 15 is 0 Å². The van der Waals surface area contributed by atoms with Crippen LogP contribution < -0.4 is 16.4 Å². The van der Waals surface area contributed by atoms with Crippen LogP contribution >= 0.6 is 11.6 Å². The number of nitrogen functional groups attached to an aromatic ring is 1. The van der Waals surface area contributed by atoms with E-state index in [0.717, 1.165) is 18.2 Å². The quantitative estimate of drug-likeness (QED) is 0.476. The van der Waals surface area contributed by atoms with E-state index in [-0.39, 0.29) is 33.8 Å². The molecule has 0 amide bonds. The zero-order chi connectivity index (χ0) is 21.2. The average molecular weight is 422 g/mol. The summed E-state index contributed by atoms with van der Waals surface area (Å²) in [6.07, 6.45) is -3.33. The van der Waals surface area contributed by atoms with Crippen LogP contribution in [-0.2, 0) is 6.18 Å². The fraction of sp³-hybridized carbons (Fsp3) is 0.105. The van der Waals surface area contributed by atoms with Gasteiger partial charge in [-0.3, -0.25) is 4.79 Å². The minimum atomic E-state index is -4.52. The number of carbonyl (C=O) groups is 1. The SMILES string of the molecule is CC(=O)c1cccc(Nc2ncnc(Nc3cc(C(F)(F)F)ccc3Cl)c2N)c1. The average Bonchev–Trinajstić information content (AvgIpc) is 2.66. The van der Waals surface area contributed by atoms with Crippen molar-refractivity contribution in [3.05, 3.63) is 64.9 Å². The third-order valence-corrected chi connectivity index (χ3v) is 4.29. The van der Waals surface area contributed by atoms with Gasteiger partial charge < -0.3 is 16.4 Å². The van der Waals surface area contributed by atoms with Crippen molar-refractivity contribution in [2.75, 3.05) is 16.4 Å². The first-order valence-corrected chi connectivity index (χ1v) is 8.65. The van der Waals surface area contributed by atoms with Crippen molar-refractivity contribution in [1.82, 2.24) is 9.97 Å². The molecule has 0 aliphatic rings. The molecular formula is C19H15ClF3N5O. The van der Waals surface area contributed by atoms with Gasteiger partial charge in [0.2, 0.25) is 0 Å². The van der Waals surface area contributed by atoms with Crippen LogP contribution in [0.25, 0.3) is 0 Å². The summed E-state index contributed by atoms with van der Waals surface area (Å²) in [6.45, 7) is 1.44. The molecule has 6 nitrogen and oxygen atoms in total. The van der Waals surface area contributed by atoms with Gasteiger partial charge in [-0.05, 0) is 37.3 Å². The number of rotatable bonds is 5. The van der Waals surface area contributed by atoms with Gasteiger partial charge >= 0.3 is 6.18 Å². The molecule has 0 atom stereocenters. The Labute approximate surface area is 168 Å². The second-order valence-electron chi connectivity index (χ2n) is 6.06. The number of Topliss-reactive ketones (excluding diaryl/α,β-unsaturated/α-hetero) is 1. The van der Waals surface area contributed by atoms with E-state index < -0.39 is 11.7 Å². The van der Waals surface area contributed by atoms with Gasteiger partial charge in [0.1, 0.15) is 12.0 Å². The van der Waals surface area contributed by atoms with E-state index in [0.29, 0.717) is 11.3 Å². The molecule has 3 aromatic rings. The summed E-state index contributed by atoms with van der Waals surface area (Å²) >= 11 is 6.00. The molecule has 0 spiro atoms. The second kappa shape index (κ2) is 7.96. The summed E-state index contributed by atoms with van der Waals surface area (Å²) in [5.74, 6) is 0.184. The molecule has 1 heterocycles. The molecule has 0 saturated carbocycles. The Morgan fingerprint density at radius 1 is 1.07 bits per heavy atom. The Morgan fingerprint density at radius 3 is 2.41 bits per heavy atom. The first-order valence-electron chi connectivity index (χ1n) is 8.27. The summed E-state index contributed by atoms with van der Waals surface area (Å²) in [5.41, 5.74) is 6.32. The number of nitrogens with zero attached hydrogens (tertiary/aromatic N) is 2. The van der Waals surface area contributed by atoms with E-state index in [1.807, 2.05) is 0 Å². The molecule has 0 aliphatic carbocycles. The van der Waals surface area contributed by atoms with Gasteiger partial charge in [-0.2, -0.15) is 13.2 Å². The number of ketones is 1. The van der Waals surface area contributed by atoms with Gasteiger partial charge in [0, 0.05) is 11.3 Å². The van der Waals surface area contributed by atoms with E-state index in [1.165, 1.54) is 13.3 Å². The highest BCUT2D eigenvalue weighted by atomic mass is 35.5. The number of hydrogen-bond donors (Lipinski definition) is 3. The smallest absolute Gasteiger partial charge is 0.393 e. The first kappa shape index (κ1) is 20.4. The number of halogens is 4. The largest absolute Gasteiger partial charge is 0.416 e. The van der Waals surface area contributed by atoms with Crippen LogP contribution in [0.2, 0.25) is 5.02 Å². The minimum absolute atomic E-state index is 0.00332. The normalized spacial score (nSPS) is 11.2. The number of anilines is 5. The third-order valence-electron chi connectivity index (χ3n) is 3.96. The fourth-order valence-corrected chi connectivity index (χ4v) is 2.64. The van der Waals surface area contributed by atoms with Crippen molar-refractivity contribution >= 4 is 46.1 Å². The molecule has 3 rings (SSSR count). The molecule has 10 heteroatoms. The van der Waals surface area contributed by atoms with Gasteiger partial charge in [-0.1, -0.05) is 23.7 Å². The number of carbonyl (C=O) groups excluding carboxylic acids is 1. The lowest BCUT2D eigenvalue weighted by Gasteiger charge is -2.15. The lowest BCUT2D eigenvalue weighted by atomic mass is 10.1. The molecule has 0 aliphatic heterocycles. The van der Waals surface area contributed by atoms with Crippen LogP contribution in [-0.4, -0.2) is 15.8 Å². The Balaban J connectivity index is 1.90. The van der Waals surface area contributed by atoms with E-state index in [4.69, 9.17) is 17.3 Å². The predicted molar refractivity (Wildman–Crippen MR) is 106 cm³/mol. The molecule has 0 radical (unpaired) electrons. The molecule has 0 fully saturated rings. The molecule has 0 unspecified atom stereocenters. The molecule has 0 bridgehead atoms. The summed E-state index contributed by atoms with van der Waals surface area (Å²) in [7, 11) is 0. The molecule has 1 aromatic heterocycles. The van der Waals surface area contributed by atoms with Crippen molar-refractivity contribution < 1.29 is 18.0 Å². The fourth-order valence-electron chi connectivity index (χ4n) is 2.47. The van der Waals surface area contributed by atoms with Crippen molar-refractivity contribution in [1.29, 1.82) is 0 Å². The Bertz CT molecular complexity index is 1070. The lowest BCUT2D eigenvalue weighted by molar-refractivity contribution is -0.137. The van der Waals surface area contributed by atoms with E-state index in [1.54, 1.807) is 24.3 Å². The zero-order valence-corrected chi connectivity index (χ0v) is 15.8. The monoisotopic (exact) mass is 421 g/mol. The summed E-state index contributed by atoms with van der Waals surface area (Å²) in [4.78, 5) is 19.5. The number of nitrogens with one attached hydrogen (secondary N) is 2. The van der Waals surface area contributed by atoms with Crippen LogP contribution in [0, 0.1) is 0 Å². The van der Waals surface area contributed by atoms with Crippen molar-refractivity contribution in [2.45, 2.75) is 13.1 Å². The van der Waals surface area contributed by atoms with Gasteiger partial charge in [-0.25, -0.2) is 9.97 Å². The van der Waals surface area contributed by atoms with Gasteiger partial charge in [0.05, 0.1) is 16.3 Å². The van der Waals surface area contributed by atoms with Crippen LogP contribution in [0.15, 0.2) is 48.8 Å². The maximum atomic E-state index is 13.0. The lowest BCUT2D eigenvalue weighted by Crippen LogP contribution is -2.08. The molecule has 150 valence electrons. The number of benzene rings is 2. The topological polar surface area (TPSA) is 92.9 Å². The molecule has 29 heavy (non-hydrogen) atoms. The number of hydrogen-bond acceptors (Lipinski definition) is 6. The Hall–Kier alpha value is -3.33. The van der Waals surface area contributed by atoms with Crippen molar-refractivity contribution in [2.24, 2.45) is 0 Å². The summed E-state index contributed by atoms with van der Waals surface area (Å²) in [6, 6.07) is 9.58. The number of aromatic nitrogens is 2. The maximum absolute atomic E-state index is 13.0. The van der Waals surface area contributed by atoms with Crippen LogP contribution in [0.5, 0.6) is 0 Å². The number of alkyl halides is 3. The van der Waals surface area contributed by atoms with Gasteiger partial charge in [0.25, 0.3) is 0 Å². The van der Waals surface area contributed by atoms with Crippen LogP contribution in [0.1, 0.15) is 22.8 Å². The standard InChI is InChI=1S/C19H15ClF3N5O/c1-10(29)11-3-2-4-13(7-11)27-17-16(24)18(26-9-25-17)28-15-8-12(19(21,22)23)5-6-14(15)20/h2-9H,24H2,1H3,(H2,25,26,27,28). The Kier molecular flexibility index (Phi) is 5.60. The van der Waals surface area contributed by atoms with Crippen molar-refractivity contribution in [3.63, 3.8) is 0 Å².